The summed E-state index contributed by atoms with van der Waals surface area (Å²) in [5.41, 5.74) is -0.675. The van der Waals surface area contributed by atoms with Gasteiger partial charge in [-0.25, -0.2) is 4.39 Å². The number of nitro benzene ring substituents is 1. The monoisotopic (exact) mass is 470 g/mol. The van der Waals surface area contributed by atoms with Crippen molar-refractivity contribution in [2.24, 2.45) is 0 Å². The van der Waals surface area contributed by atoms with Crippen LogP contribution in [-0.2, 0) is 0 Å². The van der Waals surface area contributed by atoms with Crippen LogP contribution in [0.15, 0.2) is 34.8 Å². The molecule has 27 heavy (non-hydrogen) atoms. The lowest BCUT2D eigenvalue weighted by molar-refractivity contribution is -0.384. The molecule has 0 aliphatic rings. The first-order valence-electron chi connectivity index (χ1n) is 7.47. The van der Waals surface area contributed by atoms with Crippen LogP contribution in [-0.4, -0.2) is 11.3 Å². The van der Waals surface area contributed by atoms with E-state index in [0.29, 0.717) is 6.07 Å². The Hall–Kier alpha value is -2.07. The first kappa shape index (κ1) is 21.2. The van der Waals surface area contributed by atoms with Crippen LogP contribution < -0.4 is 10.1 Å². The van der Waals surface area contributed by atoms with Crippen LogP contribution in [0.2, 0.25) is 5.02 Å². The molecule has 0 amide bonds. The molecule has 11 heteroatoms. The van der Waals surface area contributed by atoms with E-state index in [1.54, 1.807) is 6.92 Å². The van der Waals surface area contributed by atoms with Gasteiger partial charge in [-0.3, -0.25) is 10.1 Å². The molecule has 0 aliphatic heterocycles. The first-order chi connectivity index (χ1) is 12.5. The van der Waals surface area contributed by atoms with Gasteiger partial charge in [0.2, 0.25) is 0 Å². The van der Waals surface area contributed by atoms with Crippen LogP contribution in [0, 0.1) is 15.9 Å². The average molecular weight is 472 g/mol. The largest absolute Gasteiger partial charge is 0.573 e. The van der Waals surface area contributed by atoms with E-state index in [2.05, 4.69) is 26.0 Å². The highest BCUT2D eigenvalue weighted by molar-refractivity contribution is 9.10. The van der Waals surface area contributed by atoms with Crippen molar-refractivity contribution in [2.45, 2.75) is 25.7 Å². The summed E-state index contributed by atoms with van der Waals surface area (Å²) in [4.78, 5) is 10.4. The van der Waals surface area contributed by atoms with Gasteiger partial charge >= 0.3 is 6.36 Å². The highest BCUT2D eigenvalue weighted by Crippen LogP contribution is 2.40. The van der Waals surface area contributed by atoms with E-state index in [4.69, 9.17) is 11.6 Å². The number of nitro groups is 1. The summed E-state index contributed by atoms with van der Waals surface area (Å²) >= 11 is 9.00. The quantitative estimate of drug-likeness (QED) is 0.292. The van der Waals surface area contributed by atoms with Crippen molar-refractivity contribution < 1.29 is 27.2 Å². The molecule has 0 bridgehead atoms. The van der Waals surface area contributed by atoms with E-state index in [0.717, 1.165) is 12.1 Å². The number of hydrogen-bond acceptors (Lipinski definition) is 4. The van der Waals surface area contributed by atoms with Crippen LogP contribution in [0.5, 0.6) is 5.75 Å². The van der Waals surface area contributed by atoms with Gasteiger partial charge in [0.1, 0.15) is 17.3 Å². The van der Waals surface area contributed by atoms with Gasteiger partial charge in [0.15, 0.2) is 0 Å². The van der Waals surface area contributed by atoms with Crippen molar-refractivity contribution in [1.29, 1.82) is 0 Å². The van der Waals surface area contributed by atoms with Gasteiger partial charge in [0.05, 0.1) is 21.5 Å². The number of ether oxygens (including phenoxy) is 1. The third-order valence-electron chi connectivity index (χ3n) is 3.56. The summed E-state index contributed by atoms with van der Waals surface area (Å²) in [6, 6.07) is 4.73. The summed E-state index contributed by atoms with van der Waals surface area (Å²) in [6.07, 6.45) is -4.73. The topological polar surface area (TPSA) is 64.4 Å². The molecule has 0 saturated heterocycles. The number of nitrogens with zero attached hydrogens (tertiary/aromatic N) is 1. The van der Waals surface area contributed by atoms with Crippen molar-refractivity contribution >= 4 is 38.9 Å². The molecule has 1 N–H and O–H groups in total. The van der Waals surface area contributed by atoms with Crippen LogP contribution in [0.1, 0.15) is 24.9 Å². The number of nitrogens with one attached hydrogen (secondary N) is 1. The number of anilines is 1. The second-order valence-corrected chi connectivity index (χ2v) is 6.61. The highest BCUT2D eigenvalue weighted by Gasteiger charge is 2.34. The van der Waals surface area contributed by atoms with Crippen molar-refractivity contribution in [3.05, 3.63) is 61.3 Å². The van der Waals surface area contributed by atoms with Gasteiger partial charge in [-0.15, -0.1) is 13.2 Å². The zero-order chi connectivity index (χ0) is 20.4. The number of rotatable bonds is 6. The standard InChI is InChI=1S/C16H12BrClF4N2O3/c1-2-11(15-9(18)4-3-5-14(15)27-16(20,21)22)23-12-6-8(17)10(19)7-13(12)24(25)26/h3-7,11,23H,2H2,1H3/t11-/m1/s1. The minimum absolute atomic E-state index is 0.0140. The Morgan fingerprint density at radius 1 is 1.37 bits per heavy atom. The van der Waals surface area contributed by atoms with E-state index in [-0.39, 0.29) is 27.2 Å². The summed E-state index contributed by atoms with van der Waals surface area (Å²) in [5.74, 6) is -1.38. The molecular formula is C16H12BrClF4N2O3. The van der Waals surface area contributed by atoms with Gasteiger partial charge in [0.25, 0.3) is 5.69 Å². The molecule has 0 unspecified atom stereocenters. The molecular weight excluding hydrogens is 460 g/mol. The zero-order valence-electron chi connectivity index (χ0n) is 13.6. The zero-order valence-corrected chi connectivity index (χ0v) is 16.0. The Bertz CT molecular complexity index is 864. The predicted molar refractivity (Wildman–Crippen MR) is 95.5 cm³/mol. The first-order valence-corrected chi connectivity index (χ1v) is 8.64. The van der Waals surface area contributed by atoms with Gasteiger partial charge in [-0.05, 0) is 40.5 Å². The maximum atomic E-state index is 13.6. The van der Waals surface area contributed by atoms with E-state index >= 15 is 0 Å². The smallest absolute Gasteiger partial charge is 0.405 e. The molecule has 1 atom stereocenters. The third kappa shape index (κ3) is 5.23. The van der Waals surface area contributed by atoms with Crippen LogP contribution in [0.25, 0.3) is 0 Å². The number of halogens is 6. The van der Waals surface area contributed by atoms with Crippen molar-refractivity contribution in [3.63, 3.8) is 0 Å². The van der Waals surface area contributed by atoms with Crippen LogP contribution >= 0.6 is 27.5 Å². The Morgan fingerprint density at radius 3 is 2.59 bits per heavy atom. The fraction of sp³-hybridized carbons (Fsp3) is 0.250. The fourth-order valence-corrected chi connectivity index (χ4v) is 3.08. The molecule has 0 heterocycles. The molecule has 0 aliphatic carbocycles. The second-order valence-electron chi connectivity index (χ2n) is 5.35. The Morgan fingerprint density at radius 2 is 2.04 bits per heavy atom. The lowest BCUT2D eigenvalue weighted by Gasteiger charge is -2.23. The maximum Gasteiger partial charge on any atom is 0.573 e. The Labute approximate surface area is 164 Å². The van der Waals surface area contributed by atoms with Crippen LogP contribution in [0.4, 0.5) is 28.9 Å². The van der Waals surface area contributed by atoms with Crippen molar-refractivity contribution in [1.82, 2.24) is 0 Å². The molecule has 0 spiro atoms. The summed E-state index contributed by atoms with van der Waals surface area (Å²) in [5, 5.41) is 13.9. The number of alkyl halides is 3. The van der Waals surface area contributed by atoms with Gasteiger partial charge in [0, 0.05) is 10.6 Å². The maximum absolute atomic E-state index is 13.6. The molecule has 2 aromatic rings. The van der Waals surface area contributed by atoms with Crippen molar-refractivity contribution in [2.75, 3.05) is 5.32 Å². The average Bonchev–Trinajstić information content (AvgIpc) is 2.54. The van der Waals surface area contributed by atoms with E-state index in [1.807, 2.05) is 0 Å². The lowest BCUT2D eigenvalue weighted by atomic mass is 10.0. The Balaban J connectivity index is 2.51. The third-order valence-corrected chi connectivity index (χ3v) is 4.50. The Kier molecular flexibility index (Phi) is 6.53. The minimum atomic E-state index is -4.94. The lowest BCUT2D eigenvalue weighted by Crippen LogP contribution is -2.20. The molecule has 0 aromatic heterocycles. The molecule has 146 valence electrons. The number of benzene rings is 2. The molecule has 2 rings (SSSR count). The van der Waals surface area contributed by atoms with Gasteiger partial charge in [-0.1, -0.05) is 24.6 Å². The molecule has 2 aromatic carbocycles. The van der Waals surface area contributed by atoms with Gasteiger partial charge < -0.3 is 10.1 Å². The van der Waals surface area contributed by atoms with E-state index in [9.17, 15) is 27.7 Å². The van der Waals surface area contributed by atoms with Gasteiger partial charge in [-0.2, -0.15) is 0 Å². The molecule has 5 nitrogen and oxygen atoms in total. The SMILES string of the molecule is CC[C@@H](Nc1cc(Br)c(F)cc1[N+](=O)[O-])c1c(Cl)cccc1OC(F)(F)F. The molecule has 0 fully saturated rings. The molecule has 0 radical (unpaired) electrons. The summed E-state index contributed by atoms with van der Waals surface area (Å²) in [6.45, 7) is 1.64. The fourth-order valence-electron chi connectivity index (χ4n) is 2.44. The van der Waals surface area contributed by atoms with E-state index < -0.39 is 34.6 Å². The van der Waals surface area contributed by atoms with E-state index in [1.165, 1.54) is 12.1 Å². The van der Waals surface area contributed by atoms with Crippen LogP contribution in [0.3, 0.4) is 0 Å². The van der Waals surface area contributed by atoms with Crippen molar-refractivity contribution in [3.8, 4) is 5.75 Å². The highest BCUT2D eigenvalue weighted by atomic mass is 79.9. The molecule has 0 saturated carbocycles. The normalized spacial score (nSPS) is 12.6. The predicted octanol–water partition coefficient (Wildman–Crippen LogP) is 6.61. The number of hydrogen-bond donors (Lipinski definition) is 1. The second kappa shape index (κ2) is 8.30. The summed E-state index contributed by atoms with van der Waals surface area (Å²) in [7, 11) is 0. The minimum Gasteiger partial charge on any atom is -0.405 e. The summed E-state index contributed by atoms with van der Waals surface area (Å²) < 4.78 is 55.7.